The van der Waals surface area contributed by atoms with E-state index in [2.05, 4.69) is 10.3 Å². The number of rotatable bonds is 3. The van der Waals surface area contributed by atoms with Crippen molar-refractivity contribution in [2.45, 2.75) is 12.5 Å². The lowest BCUT2D eigenvalue weighted by Crippen LogP contribution is -2.30. The Bertz CT molecular complexity index is 713. The van der Waals surface area contributed by atoms with Gasteiger partial charge in [-0.1, -0.05) is 30.3 Å². The average Bonchev–Trinajstić information content (AvgIpc) is 2.84. The van der Waals surface area contributed by atoms with E-state index in [4.69, 9.17) is 0 Å². The fraction of sp³-hybridized carbons (Fsp3) is 0.125. The van der Waals surface area contributed by atoms with Crippen LogP contribution in [0.4, 0.5) is 8.78 Å². The van der Waals surface area contributed by atoms with Crippen molar-refractivity contribution in [1.82, 2.24) is 5.32 Å². The number of halogens is 2. The van der Waals surface area contributed by atoms with Crippen LogP contribution in [0.15, 0.2) is 53.5 Å². The number of nitrogens with one attached hydrogen (secondary N) is 1. The number of amidine groups is 1. The molecule has 106 valence electrons. The second-order valence-electron chi connectivity index (χ2n) is 4.80. The average molecular weight is 286 g/mol. The maximum Gasteiger partial charge on any atom is 0.250 e. The van der Waals surface area contributed by atoms with E-state index in [0.717, 1.165) is 23.8 Å². The van der Waals surface area contributed by atoms with Crippen molar-refractivity contribution in [2.75, 3.05) is 0 Å². The van der Waals surface area contributed by atoms with Gasteiger partial charge in [0.15, 0.2) is 0 Å². The third-order valence-corrected chi connectivity index (χ3v) is 3.28. The highest BCUT2D eigenvalue weighted by Crippen LogP contribution is 2.16. The lowest BCUT2D eigenvalue weighted by Gasteiger charge is -2.03. The predicted octanol–water partition coefficient (Wildman–Crippen LogP) is 2.45. The van der Waals surface area contributed by atoms with Crippen LogP contribution in [-0.2, 0) is 11.2 Å². The van der Waals surface area contributed by atoms with Crippen LogP contribution < -0.4 is 5.32 Å². The molecule has 0 radical (unpaired) electrons. The van der Waals surface area contributed by atoms with Gasteiger partial charge in [0.1, 0.15) is 23.5 Å². The van der Waals surface area contributed by atoms with Gasteiger partial charge in [-0.15, -0.1) is 0 Å². The SMILES string of the molecule is O=C1NC(c2cc(F)ccc2F)=NC1Cc1ccccc1. The topological polar surface area (TPSA) is 41.5 Å². The zero-order valence-corrected chi connectivity index (χ0v) is 11.0. The van der Waals surface area contributed by atoms with Crippen molar-refractivity contribution in [3.8, 4) is 0 Å². The molecule has 1 atom stereocenters. The predicted molar refractivity (Wildman–Crippen MR) is 75.0 cm³/mol. The van der Waals surface area contributed by atoms with E-state index < -0.39 is 17.7 Å². The normalized spacial score (nSPS) is 17.5. The first kappa shape index (κ1) is 13.4. The number of hydrogen-bond donors (Lipinski definition) is 1. The zero-order valence-electron chi connectivity index (χ0n) is 11.0. The summed E-state index contributed by atoms with van der Waals surface area (Å²) >= 11 is 0. The Balaban J connectivity index is 1.87. The van der Waals surface area contributed by atoms with Gasteiger partial charge in [-0.3, -0.25) is 9.79 Å². The van der Waals surface area contributed by atoms with E-state index in [1.54, 1.807) is 0 Å². The zero-order chi connectivity index (χ0) is 14.8. The molecule has 3 rings (SSSR count). The molecule has 2 aromatic carbocycles. The van der Waals surface area contributed by atoms with Gasteiger partial charge in [-0.05, 0) is 23.8 Å². The number of carbonyl (C=O) groups is 1. The molecule has 1 aliphatic rings. The molecule has 0 aromatic heterocycles. The van der Waals surface area contributed by atoms with Gasteiger partial charge in [-0.2, -0.15) is 0 Å². The molecule has 1 aliphatic heterocycles. The monoisotopic (exact) mass is 286 g/mol. The minimum atomic E-state index is -0.620. The first-order valence-electron chi connectivity index (χ1n) is 6.51. The second kappa shape index (κ2) is 5.44. The Morgan fingerprint density at radius 2 is 1.86 bits per heavy atom. The molecule has 21 heavy (non-hydrogen) atoms. The van der Waals surface area contributed by atoms with Crippen molar-refractivity contribution >= 4 is 11.7 Å². The molecule has 0 saturated carbocycles. The number of hydrogen-bond acceptors (Lipinski definition) is 2. The van der Waals surface area contributed by atoms with Gasteiger partial charge in [0.25, 0.3) is 5.91 Å². The number of carbonyl (C=O) groups excluding carboxylic acids is 1. The van der Waals surface area contributed by atoms with Gasteiger partial charge in [-0.25, -0.2) is 8.78 Å². The number of amides is 1. The lowest BCUT2D eigenvalue weighted by atomic mass is 10.1. The third-order valence-electron chi connectivity index (χ3n) is 3.28. The molecule has 0 bridgehead atoms. The summed E-state index contributed by atoms with van der Waals surface area (Å²) in [6.07, 6.45) is 0.424. The Morgan fingerprint density at radius 1 is 1.10 bits per heavy atom. The van der Waals surface area contributed by atoms with Crippen LogP contribution in [0.3, 0.4) is 0 Å². The fourth-order valence-electron chi connectivity index (χ4n) is 2.24. The van der Waals surface area contributed by atoms with Crippen molar-refractivity contribution in [2.24, 2.45) is 4.99 Å². The van der Waals surface area contributed by atoms with Crippen LogP contribution in [0.5, 0.6) is 0 Å². The van der Waals surface area contributed by atoms with Crippen molar-refractivity contribution in [3.05, 3.63) is 71.3 Å². The number of aliphatic imine (C=N–C) groups is 1. The first-order valence-corrected chi connectivity index (χ1v) is 6.51. The van der Waals surface area contributed by atoms with E-state index >= 15 is 0 Å². The molecule has 1 N–H and O–H groups in total. The van der Waals surface area contributed by atoms with Crippen molar-refractivity contribution in [3.63, 3.8) is 0 Å². The van der Waals surface area contributed by atoms with Crippen molar-refractivity contribution in [1.29, 1.82) is 0 Å². The van der Waals surface area contributed by atoms with Gasteiger partial charge in [0.2, 0.25) is 0 Å². The van der Waals surface area contributed by atoms with E-state index in [-0.39, 0.29) is 17.3 Å². The summed E-state index contributed by atoms with van der Waals surface area (Å²) in [5.41, 5.74) is 0.932. The van der Waals surface area contributed by atoms with Gasteiger partial charge in [0.05, 0.1) is 5.56 Å². The summed E-state index contributed by atoms with van der Waals surface area (Å²) in [5.74, 6) is -1.42. The maximum absolute atomic E-state index is 13.7. The molecule has 0 aliphatic carbocycles. The highest BCUT2D eigenvalue weighted by molar-refractivity contribution is 6.13. The minimum absolute atomic E-state index is 0.0288. The highest BCUT2D eigenvalue weighted by atomic mass is 19.1. The van der Waals surface area contributed by atoms with Crippen LogP contribution in [0.2, 0.25) is 0 Å². The van der Waals surface area contributed by atoms with Crippen LogP contribution >= 0.6 is 0 Å². The largest absolute Gasteiger partial charge is 0.309 e. The molecule has 1 unspecified atom stereocenters. The van der Waals surface area contributed by atoms with E-state index in [9.17, 15) is 13.6 Å². The molecule has 0 saturated heterocycles. The summed E-state index contributed by atoms with van der Waals surface area (Å²) in [6, 6.07) is 11.9. The first-order chi connectivity index (χ1) is 10.1. The van der Waals surface area contributed by atoms with E-state index in [1.807, 2.05) is 30.3 Å². The van der Waals surface area contributed by atoms with Crippen LogP contribution in [0.1, 0.15) is 11.1 Å². The molecular formula is C16H12F2N2O. The second-order valence-corrected chi connectivity index (χ2v) is 4.80. The third kappa shape index (κ3) is 2.81. The maximum atomic E-state index is 13.7. The van der Waals surface area contributed by atoms with Gasteiger partial charge >= 0.3 is 0 Å². The summed E-state index contributed by atoms with van der Waals surface area (Å²) < 4.78 is 26.9. The molecule has 1 amide bonds. The number of benzene rings is 2. The van der Waals surface area contributed by atoms with E-state index in [0.29, 0.717) is 6.42 Å². The Labute approximate surface area is 120 Å². The van der Waals surface area contributed by atoms with E-state index in [1.165, 1.54) is 0 Å². The fourth-order valence-corrected chi connectivity index (χ4v) is 2.24. The van der Waals surface area contributed by atoms with Gasteiger partial charge in [0, 0.05) is 6.42 Å². The molecule has 0 spiro atoms. The Hall–Kier alpha value is -2.56. The smallest absolute Gasteiger partial charge is 0.250 e. The molecule has 5 heteroatoms. The summed E-state index contributed by atoms with van der Waals surface area (Å²) in [6.45, 7) is 0. The summed E-state index contributed by atoms with van der Waals surface area (Å²) in [4.78, 5) is 16.1. The molecule has 1 heterocycles. The number of nitrogens with zero attached hydrogens (tertiary/aromatic N) is 1. The molecule has 2 aromatic rings. The Kier molecular flexibility index (Phi) is 3.48. The minimum Gasteiger partial charge on any atom is -0.309 e. The Morgan fingerprint density at radius 3 is 2.62 bits per heavy atom. The standard InChI is InChI=1S/C16H12F2N2O/c17-11-6-7-13(18)12(9-11)15-19-14(16(21)20-15)8-10-4-2-1-3-5-10/h1-7,9,14H,8H2,(H,19,20,21). The van der Waals surface area contributed by atoms with Gasteiger partial charge < -0.3 is 5.32 Å². The summed E-state index contributed by atoms with van der Waals surface area (Å²) in [7, 11) is 0. The lowest BCUT2D eigenvalue weighted by molar-refractivity contribution is -0.120. The van der Waals surface area contributed by atoms with Crippen molar-refractivity contribution < 1.29 is 13.6 Å². The molecule has 0 fully saturated rings. The van der Waals surface area contributed by atoms with Crippen LogP contribution in [-0.4, -0.2) is 17.8 Å². The molecular weight excluding hydrogens is 274 g/mol. The molecule has 3 nitrogen and oxygen atoms in total. The van der Waals surface area contributed by atoms with Crippen LogP contribution in [0, 0.1) is 11.6 Å². The highest BCUT2D eigenvalue weighted by Gasteiger charge is 2.28. The summed E-state index contributed by atoms with van der Waals surface area (Å²) in [5, 5.41) is 2.51. The quantitative estimate of drug-likeness (QED) is 0.925. The van der Waals surface area contributed by atoms with Crippen LogP contribution in [0.25, 0.3) is 0 Å².